The molecule has 6 heteroatoms. The van der Waals surface area contributed by atoms with Crippen molar-refractivity contribution in [1.29, 1.82) is 0 Å². The molecule has 0 aromatic heterocycles. The van der Waals surface area contributed by atoms with Crippen LogP contribution >= 0.6 is 31.9 Å². The number of halogens is 2. The highest BCUT2D eigenvalue weighted by Gasteiger charge is 2.25. The molecule has 0 spiro atoms. The van der Waals surface area contributed by atoms with Crippen molar-refractivity contribution >= 4 is 49.4 Å². The molecule has 102 valence electrons. The van der Waals surface area contributed by atoms with Gasteiger partial charge in [-0.2, -0.15) is 0 Å². The normalized spacial score (nSPS) is 15.5. The van der Waals surface area contributed by atoms with Gasteiger partial charge in [-0.25, -0.2) is 4.79 Å². The maximum absolute atomic E-state index is 12.1. The molecule has 0 atom stereocenters. The SMILES string of the molecule is O=C(O)c1cc(Br)cc(Br)c1NC(=O)C1CCCC1. The number of carbonyl (C=O) groups is 2. The first-order valence-electron chi connectivity index (χ1n) is 6.02. The van der Waals surface area contributed by atoms with Gasteiger partial charge in [0, 0.05) is 14.9 Å². The lowest BCUT2D eigenvalue weighted by Crippen LogP contribution is -2.22. The van der Waals surface area contributed by atoms with E-state index in [9.17, 15) is 14.7 Å². The van der Waals surface area contributed by atoms with Gasteiger partial charge < -0.3 is 10.4 Å². The fraction of sp³-hybridized carbons (Fsp3) is 0.385. The van der Waals surface area contributed by atoms with Gasteiger partial charge in [-0.15, -0.1) is 0 Å². The van der Waals surface area contributed by atoms with Gasteiger partial charge in [-0.05, 0) is 40.9 Å². The van der Waals surface area contributed by atoms with Crippen molar-refractivity contribution in [1.82, 2.24) is 0 Å². The van der Waals surface area contributed by atoms with Gasteiger partial charge >= 0.3 is 5.97 Å². The van der Waals surface area contributed by atoms with Crippen molar-refractivity contribution < 1.29 is 14.7 Å². The topological polar surface area (TPSA) is 66.4 Å². The average Bonchev–Trinajstić information content (AvgIpc) is 2.85. The standard InChI is InChI=1S/C13H13Br2NO3/c14-8-5-9(13(18)19)11(10(15)6-8)16-12(17)7-3-1-2-4-7/h5-7H,1-4H2,(H,16,17)(H,18,19). The summed E-state index contributed by atoms with van der Waals surface area (Å²) in [6.45, 7) is 0. The van der Waals surface area contributed by atoms with Crippen LogP contribution < -0.4 is 5.32 Å². The molecule has 0 heterocycles. The second-order valence-electron chi connectivity index (χ2n) is 4.59. The number of aromatic carboxylic acids is 1. The van der Waals surface area contributed by atoms with Crippen LogP contribution in [-0.2, 0) is 4.79 Å². The third-order valence-corrected chi connectivity index (χ3v) is 4.34. The molecule has 0 unspecified atom stereocenters. The van der Waals surface area contributed by atoms with Crippen LogP contribution in [0.15, 0.2) is 21.1 Å². The Hall–Kier alpha value is -0.880. The minimum absolute atomic E-state index is 0.00260. The Morgan fingerprint density at radius 3 is 2.42 bits per heavy atom. The molecule has 1 aromatic rings. The number of carboxylic acid groups (broad SMARTS) is 1. The van der Waals surface area contributed by atoms with Crippen molar-refractivity contribution in [3.05, 3.63) is 26.6 Å². The highest BCUT2D eigenvalue weighted by atomic mass is 79.9. The number of amides is 1. The molecule has 0 radical (unpaired) electrons. The molecule has 1 fully saturated rings. The van der Waals surface area contributed by atoms with Crippen LogP contribution in [0.5, 0.6) is 0 Å². The molecule has 0 saturated heterocycles. The molecule has 0 bridgehead atoms. The minimum atomic E-state index is -1.07. The summed E-state index contributed by atoms with van der Waals surface area (Å²) in [4.78, 5) is 23.3. The molecule has 19 heavy (non-hydrogen) atoms. The first-order chi connectivity index (χ1) is 8.99. The summed E-state index contributed by atoms with van der Waals surface area (Å²) in [5.74, 6) is -1.16. The Morgan fingerprint density at radius 2 is 1.84 bits per heavy atom. The van der Waals surface area contributed by atoms with Crippen LogP contribution in [0, 0.1) is 5.92 Å². The molecule has 1 aliphatic rings. The number of nitrogens with one attached hydrogen (secondary N) is 1. The van der Waals surface area contributed by atoms with Crippen LogP contribution in [0.1, 0.15) is 36.0 Å². The molecule has 1 aliphatic carbocycles. The number of carboxylic acids is 1. The Balaban J connectivity index is 2.28. The molecule has 0 aliphatic heterocycles. The molecule has 1 aromatic carbocycles. The molecule has 4 nitrogen and oxygen atoms in total. The second-order valence-corrected chi connectivity index (χ2v) is 6.36. The third-order valence-electron chi connectivity index (χ3n) is 3.26. The fourth-order valence-corrected chi connectivity index (χ4v) is 3.61. The summed E-state index contributed by atoms with van der Waals surface area (Å²) in [7, 11) is 0. The number of benzene rings is 1. The van der Waals surface area contributed by atoms with Gasteiger partial charge in [0.05, 0.1) is 11.3 Å². The van der Waals surface area contributed by atoms with Crippen LogP contribution in [0.25, 0.3) is 0 Å². The van der Waals surface area contributed by atoms with Crippen molar-refractivity contribution in [3.63, 3.8) is 0 Å². The molecule has 2 rings (SSSR count). The number of carbonyl (C=O) groups excluding carboxylic acids is 1. The lowest BCUT2D eigenvalue weighted by atomic mass is 10.1. The zero-order chi connectivity index (χ0) is 14.0. The van der Waals surface area contributed by atoms with E-state index >= 15 is 0 Å². The van der Waals surface area contributed by atoms with Gasteiger partial charge in [0.25, 0.3) is 0 Å². The molecule has 1 amide bonds. The van der Waals surface area contributed by atoms with E-state index in [4.69, 9.17) is 0 Å². The van der Waals surface area contributed by atoms with E-state index in [-0.39, 0.29) is 17.4 Å². The van der Waals surface area contributed by atoms with Gasteiger partial charge in [0.2, 0.25) is 5.91 Å². The van der Waals surface area contributed by atoms with Gasteiger partial charge in [-0.1, -0.05) is 28.8 Å². The largest absolute Gasteiger partial charge is 0.478 e. The maximum atomic E-state index is 12.1. The smallest absolute Gasteiger partial charge is 0.337 e. The van der Waals surface area contributed by atoms with Gasteiger partial charge in [0.15, 0.2) is 0 Å². The van der Waals surface area contributed by atoms with Crippen LogP contribution in [-0.4, -0.2) is 17.0 Å². The second kappa shape index (κ2) is 6.05. The zero-order valence-corrected chi connectivity index (χ0v) is 13.3. The Bertz CT molecular complexity index is 525. The predicted octanol–water partition coefficient (Wildman–Crippen LogP) is 4.04. The van der Waals surface area contributed by atoms with E-state index in [0.29, 0.717) is 14.6 Å². The lowest BCUT2D eigenvalue weighted by Gasteiger charge is -2.14. The number of hydrogen-bond acceptors (Lipinski definition) is 2. The molecular formula is C13H13Br2NO3. The van der Waals surface area contributed by atoms with Crippen LogP contribution in [0.4, 0.5) is 5.69 Å². The summed E-state index contributed by atoms with van der Waals surface area (Å²) in [5.41, 5.74) is 0.403. The summed E-state index contributed by atoms with van der Waals surface area (Å²) < 4.78 is 1.21. The van der Waals surface area contributed by atoms with E-state index < -0.39 is 5.97 Å². The van der Waals surface area contributed by atoms with Crippen molar-refractivity contribution in [2.75, 3.05) is 5.32 Å². The Labute approximate surface area is 127 Å². The number of rotatable bonds is 3. The van der Waals surface area contributed by atoms with E-state index in [1.165, 1.54) is 6.07 Å². The Morgan fingerprint density at radius 1 is 1.21 bits per heavy atom. The maximum Gasteiger partial charge on any atom is 0.337 e. The fourth-order valence-electron chi connectivity index (χ4n) is 2.28. The van der Waals surface area contributed by atoms with Gasteiger partial charge in [0.1, 0.15) is 0 Å². The molecule has 2 N–H and O–H groups in total. The van der Waals surface area contributed by atoms with Crippen molar-refractivity contribution in [2.45, 2.75) is 25.7 Å². The highest BCUT2D eigenvalue weighted by Crippen LogP contribution is 2.33. The minimum Gasteiger partial charge on any atom is -0.478 e. The van der Waals surface area contributed by atoms with E-state index in [1.54, 1.807) is 6.07 Å². The first kappa shape index (κ1) is 14.5. The summed E-state index contributed by atoms with van der Waals surface area (Å²) >= 11 is 6.54. The Kier molecular flexibility index (Phi) is 4.62. The summed E-state index contributed by atoms with van der Waals surface area (Å²) in [6.07, 6.45) is 3.88. The lowest BCUT2D eigenvalue weighted by molar-refractivity contribution is -0.119. The molecular weight excluding hydrogens is 378 g/mol. The van der Waals surface area contributed by atoms with Crippen LogP contribution in [0.2, 0.25) is 0 Å². The van der Waals surface area contributed by atoms with E-state index in [0.717, 1.165) is 25.7 Å². The van der Waals surface area contributed by atoms with Gasteiger partial charge in [-0.3, -0.25) is 4.79 Å². The van der Waals surface area contributed by atoms with Crippen molar-refractivity contribution in [2.24, 2.45) is 5.92 Å². The van der Waals surface area contributed by atoms with E-state index in [2.05, 4.69) is 37.2 Å². The highest BCUT2D eigenvalue weighted by molar-refractivity contribution is 9.11. The van der Waals surface area contributed by atoms with Crippen molar-refractivity contribution in [3.8, 4) is 0 Å². The first-order valence-corrected chi connectivity index (χ1v) is 7.61. The predicted molar refractivity (Wildman–Crippen MR) is 79.4 cm³/mol. The summed E-state index contributed by atoms with van der Waals surface area (Å²) in [5, 5.41) is 11.9. The number of hydrogen-bond donors (Lipinski definition) is 2. The molecule has 1 saturated carbocycles. The quantitative estimate of drug-likeness (QED) is 0.818. The van der Waals surface area contributed by atoms with Crippen LogP contribution in [0.3, 0.4) is 0 Å². The average molecular weight is 391 g/mol. The zero-order valence-electron chi connectivity index (χ0n) is 10.1. The summed E-state index contributed by atoms with van der Waals surface area (Å²) in [6, 6.07) is 3.20. The van der Waals surface area contributed by atoms with E-state index in [1.807, 2.05) is 0 Å². The third kappa shape index (κ3) is 3.36. The monoisotopic (exact) mass is 389 g/mol. The number of anilines is 1.